The summed E-state index contributed by atoms with van der Waals surface area (Å²) in [5.74, 6) is -0.199. The van der Waals surface area contributed by atoms with Crippen LogP contribution in [0, 0.1) is 0 Å². The lowest BCUT2D eigenvalue weighted by Crippen LogP contribution is -2.31. The lowest BCUT2D eigenvalue weighted by Gasteiger charge is -2.18. The van der Waals surface area contributed by atoms with Crippen LogP contribution in [0.1, 0.15) is 29.9 Å². The van der Waals surface area contributed by atoms with Gasteiger partial charge < -0.3 is 10.2 Å². The highest BCUT2D eigenvalue weighted by molar-refractivity contribution is 6.30. The number of hydrogen-bond donors (Lipinski definition) is 1. The van der Waals surface area contributed by atoms with Crippen LogP contribution in [-0.2, 0) is 6.18 Å². The summed E-state index contributed by atoms with van der Waals surface area (Å²) in [5.41, 5.74) is -0.986. The zero-order valence-electron chi connectivity index (χ0n) is 13.6. The second-order valence-electron chi connectivity index (χ2n) is 5.08. The molecule has 2 aromatic rings. The molecule has 0 spiro atoms. The van der Waals surface area contributed by atoms with Crippen LogP contribution < -0.4 is 5.32 Å². The fourth-order valence-corrected chi connectivity index (χ4v) is 2.35. The summed E-state index contributed by atoms with van der Waals surface area (Å²) < 4.78 is 39.2. The van der Waals surface area contributed by atoms with E-state index in [0.29, 0.717) is 13.1 Å². The molecule has 0 aliphatic carbocycles. The van der Waals surface area contributed by atoms with Gasteiger partial charge in [0.25, 0.3) is 5.91 Å². The first-order chi connectivity index (χ1) is 11.8. The number of rotatable bonds is 5. The number of amides is 1. The number of carbonyl (C=O) groups excluding carboxylic acids is 1. The number of aromatic nitrogens is 2. The molecule has 1 N–H and O–H groups in total. The highest BCUT2D eigenvalue weighted by atomic mass is 35.5. The number of nitrogens with zero attached hydrogens (tertiary/aromatic N) is 3. The van der Waals surface area contributed by atoms with Gasteiger partial charge in [0.05, 0.1) is 23.6 Å². The fraction of sp³-hybridized carbons (Fsp3) is 0.312. The van der Waals surface area contributed by atoms with Crippen LogP contribution in [0.3, 0.4) is 0 Å². The predicted octanol–water partition coefficient (Wildman–Crippen LogP) is 4.37. The molecule has 9 heteroatoms. The molecule has 0 bridgehead atoms. The quantitative estimate of drug-likeness (QED) is 0.846. The van der Waals surface area contributed by atoms with Crippen LogP contribution >= 0.6 is 11.6 Å². The van der Waals surface area contributed by atoms with Gasteiger partial charge in [0.2, 0.25) is 0 Å². The number of alkyl halides is 3. The topological polar surface area (TPSA) is 58.1 Å². The van der Waals surface area contributed by atoms with E-state index in [9.17, 15) is 18.0 Å². The number of carbonyl (C=O) groups is 1. The minimum absolute atomic E-state index is 0.0240. The van der Waals surface area contributed by atoms with Crippen LogP contribution in [0.5, 0.6) is 0 Å². The Balaban J connectivity index is 2.24. The number of anilines is 2. The van der Waals surface area contributed by atoms with Crippen LogP contribution in [-0.4, -0.2) is 33.9 Å². The van der Waals surface area contributed by atoms with Gasteiger partial charge in [-0.2, -0.15) is 13.2 Å². The van der Waals surface area contributed by atoms with Crippen LogP contribution in [0.2, 0.25) is 5.02 Å². The Morgan fingerprint density at radius 3 is 2.40 bits per heavy atom. The molecule has 1 aromatic carbocycles. The van der Waals surface area contributed by atoms with Gasteiger partial charge in [0, 0.05) is 18.1 Å². The first kappa shape index (κ1) is 19.0. The molecule has 0 radical (unpaired) electrons. The zero-order valence-corrected chi connectivity index (χ0v) is 14.3. The Morgan fingerprint density at radius 1 is 1.20 bits per heavy atom. The van der Waals surface area contributed by atoms with E-state index in [2.05, 4.69) is 15.3 Å². The van der Waals surface area contributed by atoms with Crippen molar-refractivity contribution in [2.24, 2.45) is 0 Å². The monoisotopic (exact) mass is 372 g/mol. The third-order valence-corrected chi connectivity index (χ3v) is 3.71. The molecule has 0 aliphatic rings. The van der Waals surface area contributed by atoms with Gasteiger partial charge in [0.15, 0.2) is 0 Å². The Labute approximate surface area is 147 Å². The molecule has 1 amide bonds. The molecular formula is C16H16ClF3N4O. The molecule has 1 heterocycles. The van der Waals surface area contributed by atoms with E-state index >= 15 is 0 Å². The third kappa shape index (κ3) is 4.60. The molecule has 5 nitrogen and oxygen atoms in total. The summed E-state index contributed by atoms with van der Waals surface area (Å²) in [6.45, 7) is 4.72. The van der Waals surface area contributed by atoms with Gasteiger partial charge in [-0.3, -0.25) is 4.79 Å². The maximum absolute atomic E-state index is 13.1. The SMILES string of the molecule is CCN(CC)C(=O)c1cnc(Nc2ccc(Cl)cc2C(F)(F)F)cn1. The normalized spacial score (nSPS) is 11.3. The first-order valence-corrected chi connectivity index (χ1v) is 7.89. The standard InChI is InChI=1S/C16H16ClF3N4O/c1-3-24(4-2)15(25)13-8-22-14(9-21-13)23-12-6-5-10(17)7-11(12)16(18,19)20/h5-9H,3-4H2,1-2H3,(H,22,23). The number of halogens is 4. The molecule has 0 aliphatic heterocycles. The van der Waals surface area contributed by atoms with Crippen molar-refractivity contribution < 1.29 is 18.0 Å². The van der Waals surface area contributed by atoms with Crippen molar-refractivity contribution in [3.8, 4) is 0 Å². The van der Waals surface area contributed by atoms with Crippen LogP contribution in [0.25, 0.3) is 0 Å². The minimum Gasteiger partial charge on any atom is -0.338 e. The minimum atomic E-state index is -4.57. The molecule has 0 unspecified atom stereocenters. The van der Waals surface area contributed by atoms with E-state index < -0.39 is 11.7 Å². The third-order valence-electron chi connectivity index (χ3n) is 3.47. The smallest absolute Gasteiger partial charge is 0.338 e. The van der Waals surface area contributed by atoms with Gasteiger partial charge in [-0.15, -0.1) is 0 Å². The van der Waals surface area contributed by atoms with Crippen molar-refractivity contribution in [2.45, 2.75) is 20.0 Å². The number of hydrogen-bond acceptors (Lipinski definition) is 4. The van der Waals surface area contributed by atoms with Crippen molar-refractivity contribution in [3.05, 3.63) is 46.9 Å². The molecule has 0 saturated carbocycles. The molecule has 0 saturated heterocycles. The molecule has 1 aromatic heterocycles. The summed E-state index contributed by atoms with van der Waals surface area (Å²) in [6, 6.07) is 3.38. The largest absolute Gasteiger partial charge is 0.418 e. The van der Waals surface area contributed by atoms with E-state index in [4.69, 9.17) is 11.6 Å². The number of nitrogens with one attached hydrogen (secondary N) is 1. The van der Waals surface area contributed by atoms with Gasteiger partial charge in [0.1, 0.15) is 11.5 Å². The summed E-state index contributed by atoms with van der Waals surface area (Å²) in [4.78, 5) is 21.7. The molecule has 134 valence electrons. The average Bonchev–Trinajstić information content (AvgIpc) is 2.57. The Hall–Kier alpha value is -2.35. The lowest BCUT2D eigenvalue weighted by atomic mass is 10.1. The van der Waals surface area contributed by atoms with Gasteiger partial charge >= 0.3 is 6.18 Å². The summed E-state index contributed by atoms with van der Waals surface area (Å²) in [5, 5.41) is 2.53. The van der Waals surface area contributed by atoms with Crippen LogP contribution in [0.15, 0.2) is 30.6 Å². The van der Waals surface area contributed by atoms with Crippen molar-refractivity contribution in [2.75, 3.05) is 18.4 Å². The average molecular weight is 373 g/mol. The van der Waals surface area contributed by atoms with E-state index in [1.807, 2.05) is 13.8 Å². The van der Waals surface area contributed by atoms with E-state index in [0.717, 1.165) is 6.07 Å². The van der Waals surface area contributed by atoms with Crippen LogP contribution in [0.4, 0.5) is 24.7 Å². The van der Waals surface area contributed by atoms with Crippen molar-refractivity contribution in [1.29, 1.82) is 0 Å². The maximum Gasteiger partial charge on any atom is 0.418 e. The fourth-order valence-electron chi connectivity index (χ4n) is 2.17. The molecule has 0 atom stereocenters. The van der Waals surface area contributed by atoms with Crippen molar-refractivity contribution in [3.63, 3.8) is 0 Å². The van der Waals surface area contributed by atoms with Crippen molar-refractivity contribution >= 4 is 29.0 Å². The highest BCUT2D eigenvalue weighted by Crippen LogP contribution is 2.37. The lowest BCUT2D eigenvalue weighted by molar-refractivity contribution is -0.136. The Morgan fingerprint density at radius 2 is 1.88 bits per heavy atom. The summed E-state index contributed by atoms with van der Waals surface area (Å²) in [7, 11) is 0. The van der Waals surface area contributed by atoms with Gasteiger partial charge in [-0.25, -0.2) is 9.97 Å². The van der Waals surface area contributed by atoms with E-state index in [1.54, 1.807) is 4.90 Å². The summed E-state index contributed by atoms with van der Waals surface area (Å²) >= 11 is 5.64. The Kier molecular flexibility index (Phi) is 5.84. The highest BCUT2D eigenvalue weighted by Gasteiger charge is 2.34. The summed E-state index contributed by atoms with van der Waals surface area (Å²) in [6.07, 6.45) is -2.13. The molecule has 2 rings (SSSR count). The second-order valence-corrected chi connectivity index (χ2v) is 5.51. The maximum atomic E-state index is 13.1. The van der Waals surface area contributed by atoms with E-state index in [1.165, 1.54) is 24.5 Å². The van der Waals surface area contributed by atoms with Gasteiger partial charge in [-0.05, 0) is 32.0 Å². The molecule has 25 heavy (non-hydrogen) atoms. The number of benzene rings is 1. The van der Waals surface area contributed by atoms with Crippen molar-refractivity contribution in [1.82, 2.24) is 14.9 Å². The predicted molar refractivity (Wildman–Crippen MR) is 89.0 cm³/mol. The van der Waals surface area contributed by atoms with Gasteiger partial charge in [-0.1, -0.05) is 11.6 Å². The Bertz CT molecular complexity index is 746. The zero-order chi connectivity index (χ0) is 18.6. The molecule has 0 fully saturated rings. The first-order valence-electron chi connectivity index (χ1n) is 7.51. The molecular weight excluding hydrogens is 357 g/mol. The van der Waals surface area contributed by atoms with E-state index in [-0.39, 0.29) is 28.1 Å². The second kappa shape index (κ2) is 7.69.